The van der Waals surface area contributed by atoms with Gasteiger partial charge in [-0.25, -0.2) is 13.6 Å². The minimum atomic E-state index is -0.829. The number of anilines is 2. The van der Waals surface area contributed by atoms with Crippen molar-refractivity contribution < 1.29 is 23.1 Å². The molecule has 1 fully saturated rings. The minimum Gasteiger partial charge on any atom is -0.492 e. The van der Waals surface area contributed by atoms with Crippen LogP contribution in [-0.4, -0.2) is 54.0 Å². The number of primary amides is 1. The summed E-state index contributed by atoms with van der Waals surface area (Å²) in [7, 11) is 0. The number of piperidine rings is 1. The van der Waals surface area contributed by atoms with Crippen molar-refractivity contribution >= 4 is 45.9 Å². The molecule has 1 unspecified atom stereocenters. The molecule has 0 saturated carbocycles. The number of rotatable bonds is 9. The molecular weight excluding hydrogens is 569 g/mol. The fourth-order valence-electron chi connectivity index (χ4n) is 4.32. The Morgan fingerprint density at radius 1 is 1.17 bits per heavy atom. The van der Waals surface area contributed by atoms with Crippen molar-refractivity contribution in [3.63, 3.8) is 0 Å². The van der Waals surface area contributed by atoms with Crippen LogP contribution in [0.15, 0.2) is 30.3 Å². The van der Waals surface area contributed by atoms with E-state index in [0.717, 1.165) is 31.4 Å². The summed E-state index contributed by atoms with van der Waals surface area (Å²) in [5, 5.41) is 2.76. The highest BCUT2D eigenvalue weighted by Crippen LogP contribution is 2.32. The number of likely N-dealkylation sites (tertiary alicyclic amines) is 1. The summed E-state index contributed by atoms with van der Waals surface area (Å²) in [5.41, 5.74) is 5.62. The van der Waals surface area contributed by atoms with Gasteiger partial charge in [-0.15, -0.1) is 0 Å². The van der Waals surface area contributed by atoms with Crippen LogP contribution in [0.25, 0.3) is 0 Å². The van der Waals surface area contributed by atoms with Crippen LogP contribution in [0.3, 0.4) is 0 Å². The Bertz CT molecular complexity index is 1070. The normalized spacial score (nSPS) is 15.6. The Morgan fingerprint density at radius 2 is 1.91 bits per heavy atom. The molecule has 0 radical (unpaired) electrons. The number of urea groups is 1. The van der Waals surface area contributed by atoms with Crippen molar-refractivity contribution in [2.75, 3.05) is 31.6 Å². The average molecular weight is 600 g/mol. The van der Waals surface area contributed by atoms with Crippen molar-refractivity contribution in [2.45, 2.75) is 45.6 Å². The average Bonchev–Trinajstić information content (AvgIpc) is 2.81. The van der Waals surface area contributed by atoms with Gasteiger partial charge in [0.2, 0.25) is 0 Å². The van der Waals surface area contributed by atoms with Crippen LogP contribution < -0.4 is 15.8 Å². The van der Waals surface area contributed by atoms with Crippen LogP contribution in [0, 0.1) is 15.2 Å². The summed E-state index contributed by atoms with van der Waals surface area (Å²) >= 11 is 1.98. The van der Waals surface area contributed by atoms with E-state index in [1.165, 1.54) is 12.1 Å². The molecule has 1 heterocycles. The van der Waals surface area contributed by atoms with E-state index in [9.17, 15) is 18.4 Å². The summed E-state index contributed by atoms with van der Waals surface area (Å²) < 4.78 is 35.3. The Labute approximate surface area is 218 Å². The minimum absolute atomic E-state index is 0.00863. The lowest BCUT2D eigenvalue weighted by Crippen LogP contribution is -2.50. The number of carbonyl (C=O) groups is 2. The van der Waals surface area contributed by atoms with Gasteiger partial charge in [0.25, 0.3) is 5.91 Å². The lowest BCUT2D eigenvalue weighted by atomic mass is 10.00. The number of carbonyl (C=O) groups excluding carboxylic acids is 2. The predicted molar refractivity (Wildman–Crippen MR) is 140 cm³/mol. The molecule has 2 aromatic carbocycles. The summed E-state index contributed by atoms with van der Waals surface area (Å²) in [6.07, 6.45) is 3.33. The summed E-state index contributed by atoms with van der Waals surface area (Å²) in [6, 6.07) is 6.67. The molecule has 3 amide bonds. The standard InChI is InChI=1S/C25H31F2IN4O3/c1-3-31(4-2)25(34)32-11-6-5-7-18(32)10-12-35-22-14-16(26)13-21(23(22)24(29)33)30-20-9-8-17(28)15-19(20)27/h8-9,13-15,18,30H,3-7,10-12H2,1-2H3,(H2,29,33). The van der Waals surface area contributed by atoms with E-state index in [4.69, 9.17) is 10.5 Å². The van der Waals surface area contributed by atoms with Crippen LogP contribution in [0.1, 0.15) is 49.9 Å². The molecule has 3 rings (SSSR count). The Morgan fingerprint density at radius 3 is 2.57 bits per heavy atom. The highest BCUT2D eigenvalue weighted by Gasteiger charge is 2.29. The molecule has 190 valence electrons. The molecule has 1 aliphatic rings. The van der Waals surface area contributed by atoms with E-state index >= 15 is 0 Å². The zero-order valence-corrected chi connectivity index (χ0v) is 22.1. The van der Waals surface area contributed by atoms with Crippen molar-refractivity contribution in [1.29, 1.82) is 0 Å². The van der Waals surface area contributed by atoms with Crippen molar-refractivity contribution in [3.8, 4) is 5.75 Å². The van der Waals surface area contributed by atoms with Gasteiger partial charge in [-0.2, -0.15) is 0 Å². The lowest BCUT2D eigenvalue weighted by molar-refractivity contribution is 0.0994. The number of nitrogens with zero attached hydrogens (tertiary/aromatic N) is 2. The molecule has 1 atom stereocenters. The first-order valence-corrected chi connectivity index (χ1v) is 12.9. The molecule has 1 aliphatic heterocycles. The third-order valence-corrected chi connectivity index (χ3v) is 6.80. The maximum atomic E-state index is 14.4. The summed E-state index contributed by atoms with van der Waals surface area (Å²) in [4.78, 5) is 28.8. The molecule has 1 saturated heterocycles. The van der Waals surface area contributed by atoms with Crippen LogP contribution in [0.5, 0.6) is 5.75 Å². The van der Waals surface area contributed by atoms with Gasteiger partial charge >= 0.3 is 6.03 Å². The van der Waals surface area contributed by atoms with Gasteiger partial charge < -0.3 is 25.6 Å². The zero-order valence-electron chi connectivity index (χ0n) is 20.0. The molecule has 35 heavy (non-hydrogen) atoms. The Kier molecular flexibility index (Phi) is 9.53. The fraction of sp³-hybridized carbons (Fsp3) is 0.440. The molecule has 10 heteroatoms. The first kappa shape index (κ1) is 27.0. The Hall–Kier alpha value is -2.63. The highest BCUT2D eigenvalue weighted by atomic mass is 127. The van der Waals surface area contributed by atoms with Gasteiger partial charge in [0.1, 0.15) is 22.9 Å². The van der Waals surface area contributed by atoms with E-state index in [1.54, 1.807) is 11.0 Å². The summed E-state index contributed by atoms with van der Waals surface area (Å²) in [5.74, 6) is -2.06. The molecule has 2 aromatic rings. The van der Waals surface area contributed by atoms with Gasteiger partial charge in [-0.05, 0) is 80.0 Å². The molecule has 7 nitrogen and oxygen atoms in total. The van der Waals surface area contributed by atoms with Gasteiger partial charge in [0.05, 0.1) is 18.0 Å². The van der Waals surface area contributed by atoms with E-state index in [0.29, 0.717) is 29.6 Å². The number of nitrogens with one attached hydrogen (secondary N) is 1. The molecular formula is C25H31F2IN4O3. The van der Waals surface area contributed by atoms with E-state index in [1.807, 2.05) is 41.3 Å². The third-order valence-electron chi connectivity index (χ3n) is 6.13. The van der Waals surface area contributed by atoms with Crippen LogP contribution in [0.2, 0.25) is 0 Å². The molecule has 0 spiro atoms. The highest BCUT2D eigenvalue weighted by molar-refractivity contribution is 14.1. The first-order valence-electron chi connectivity index (χ1n) is 11.8. The number of amides is 3. The monoisotopic (exact) mass is 600 g/mol. The first-order chi connectivity index (χ1) is 16.7. The van der Waals surface area contributed by atoms with Gasteiger partial charge in [0.15, 0.2) is 0 Å². The topological polar surface area (TPSA) is 87.9 Å². The fourth-order valence-corrected chi connectivity index (χ4v) is 4.77. The number of halogens is 3. The van der Waals surface area contributed by atoms with Crippen molar-refractivity contribution in [1.82, 2.24) is 9.80 Å². The maximum Gasteiger partial charge on any atom is 0.320 e. The maximum absolute atomic E-state index is 14.4. The Balaban J connectivity index is 1.77. The predicted octanol–water partition coefficient (Wildman–Crippen LogP) is 5.50. The zero-order chi connectivity index (χ0) is 25.5. The number of benzene rings is 2. The molecule has 0 aliphatic carbocycles. The second-order valence-corrected chi connectivity index (χ2v) is 9.62. The van der Waals surface area contributed by atoms with E-state index in [-0.39, 0.29) is 41.4 Å². The number of hydrogen-bond acceptors (Lipinski definition) is 4. The second kappa shape index (κ2) is 12.4. The van der Waals surface area contributed by atoms with Gasteiger partial charge in [-0.3, -0.25) is 4.79 Å². The van der Waals surface area contributed by atoms with Crippen LogP contribution >= 0.6 is 22.6 Å². The van der Waals surface area contributed by atoms with Gasteiger partial charge in [0, 0.05) is 41.7 Å². The van der Waals surface area contributed by atoms with Crippen molar-refractivity contribution in [2.24, 2.45) is 5.73 Å². The van der Waals surface area contributed by atoms with E-state index in [2.05, 4.69) is 5.32 Å². The number of ether oxygens (including phenoxy) is 1. The molecule has 3 N–H and O–H groups in total. The second-order valence-electron chi connectivity index (χ2n) is 8.37. The van der Waals surface area contributed by atoms with Crippen LogP contribution in [-0.2, 0) is 0 Å². The quantitative estimate of drug-likeness (QED) is 0.373. The smallest absolute Gasteiger partial charge is 0.320 e. The van der Waals surface area contributed by atoms with E-state index < -0.39 is 17.5 Å². The van der Waals surface area contributed by atoms with Gasteiger partial charge in [-0.1, -0.05) is 0 Å². The lowest BCUT2D eigenvalue weighted by Gasteiger charge is -2.38. The molecule has 0 aromatic heterocycles. The summed E-state index contributed by atoms with van der Waals surface area (Å²) in [6.45, 7) is 6.02. The third kappa shape index (κ3) is 6.74. The van der Waals surface area contributed by atoms with Crippen LogP contribution in [0.4, 0.5) is 25.0 Å². The molecule has 0 bridgehead atoms. The van der Waals surface area contributed by atoms with Crippen molar-refractivity contribution in [3.05, 3.63) is 51.1 Å². The SMILES string of the molecule is CCN(CC)C(=O)N1CCCCC1CCOc1cc(F)cc(Nc2ccc(I)cc2F)c1C(N)=O. The number of hydrogen-bond donors (Lipinski definition) is 2. The largest absolute Gasteiger partial charge is 0.492 e. The number of nitrogens with two attached hydrogens (primary N) is 1.